The first-order valence-corrected chi connectivity index (χ1v) is 9.89. The number of imidazole rings is 1. The van der Waals surface area contributed by atoms with E-state index in [1.807, 2.05) is 17.8 Å². The average molecular weight is 440 g/mol. The van der Waals surface area contributed by atoms with Gasteiger partial charge < -0.3 is 15.2 Å². The number of rotatable bonds is 4. The first-order chi connectivity index (χ1) is 11.3. The maximum absolute atomic E-state index is 6.52. The summed E-state index contributed by atoms with van der Waals surface area (Å²) >= 11 is 8.33. The molecule has 2 aromatic rings. The third-order valence-electron chi connectivity index (χ3n) is 4.20. The first kappa shape index (κ1) is 23.7. The van der Waals surface area contributed by atoms with Crippen molar-refractivity contribution in [3.8, 4) is 0 Å². The predicted molar refractivity (Wildman–Crippen MR) is 120 cm³/mol. The topological polar surface area (TPSA) is 44.0 Å². The second-order valence-corrected chi connectivity index (χ2v) is 9.63. The van der Waals surface area contributed by atoms with Crippen LogP contribution in [0.3, 0.4) is 0 Å². The van der Waals surface area contributed by atoms with E-state index in [2.05, 4.69) is 49.0 Å². The van der Waals surface area contributed by atoms with E-state index in [4.69, 9.17) is 16.6 Å². The molecule has 1 aromatic carbocycles. The van der Waals surface area contributed by atoms with E-state index in [0.717, 1.165) is 59.5 Å². The molecular formula is C18H29Cl3N4S. The molecule has 2 N–H and O–H groups in total. The number of benzene rings is 1. The lowest BCUT2D eigenvalue weighted by molar-refractivity contribution is 0.378. The highest BCUT2D eigenvalue weighted by atomic mass is 35.5. The van der Waals surface area contributed by atoms with Crippen LogP contribution in [0.2, 0.25) is 5.02 Å². The van der Waals surface area contributed by atoms with Crippen molar-refractivity contribution in [2.45, 2.75) is 44.5 Å². The minimum absolute atomic E-state index is 0. The number of aromatic nitrogens is 2. The molecule has 1 unspecified atom stereocenters. The summed E-state index contributed by atoms with van der Waals surface area (Å²) in [7, 11) is 0. The predicted octanol–water partition coefficient (Wildman–Crippen LogP) is 5.39. The molecule has 3 rings (SSSR count). The van der Waals surface area contributed by atoms with Gasteiger partial charge in [0.2, 0.25) is 0 Å². The average Bonchev–Trinajstić information content (AvgIpc) is 2.86. The zero-order valence-electron chi connectivity index (χ0n) is 15.8. The number of nitrogens with zero attached hydrogens (tertiary/aromatic N) is 2. The Morgan fingerprint density at radius 3 is 2.50 bits per heavy atom. The van der Waals surface area contributed by atoms with Crippen molar-refractivity contribution in [2.24, 2.45) is 5.41 Å². The molecule has 1 fully saturated rings. The van der Waals surface area contributed by atoms with E-state index in [0.29, 0.717) is 10.7 Å². The van der Waals surface area contributed by atoms with Crippen molar-refractivity contribution in [3.05, 3.63) is 17.2 Å². The van der Waals surface area contributed by atoms with E-state index < -0.39 is 0 Å². The molecule has 1 atom stereocenters. The summed E-state index contributed by atoms with van der Waals surface area (Å²) in [5.41, 5.74) is 3.45. The van der Waals surface area contributed by atoms with Gasteiger partial charge in [-0.3, -0.25) is 0 Å². The molecule has 0 amide bonds. The van der Waals surface area contributed by atoms with Gasteiger partial charge in [0.1, 0.15) is 0 Å². The van der Waals surface area contributed by atoms with Gasteiger partial charge in [0.05, 0.1) is 21.7 Å². The molecule has 4 nitrogen and oxygen atoms in total. The van der Waals surface area contributed by atoms with Crippen molar-refractivity contribution in [2.75, 3.05) is 31.1 Å². The van der Waals surface area contributed by atoms with Gasteiger partial charge in [0.15, 0.2) is 5.16 Å². The van der Waals surface area contributed by atoms with Crippen LogP contribution < -0.4 is 10.2 Å². The molecule has 26 heavy (non-hydrogen) atoms. The number of fused-ring (bicyclic) bond motifs is 1. The van der Waals surface area contributed by atoms with E-state index in [9.17, 15) is 0 Å². The summed E-state index contributed by atoms with van der Waals surface area (Å²) in [6, 6.07) is 4.14. The van der Waals surface area contributed by atoms with Gasteiger partial charge in [-0.2, -0.15) is 0 Å². The molecule has 1 aliphatic heterocycles. The van der Waals surface area contributed by atoms with Crippen LogP contribution in [0.4, 0.5) is 5.69 Å². The van der Waals surface area contributed by atoms with E-state index in [-0.39, 0.29) is 24.8 Å². The molecule has 0 spiro atoms. The van der Waals surface area contributed by atoms with Crippen molar-refractivity contribution >= 4 is 64.9 Å². The van der Waals surface area contributed by atoms with Crippen LogP contribution in [0.15, 0.2) is 17.3 Å². The molecule has 8 heteroatoms. The lowest BCUT2D eigenvalue weighted by Crippen LogP contribution is -2.43. The number of halogens is 3. The van der Waals surface area contributed by atoms with E-state index in [1.165, 1.54) is 0 Å². The number of aromatic amines is 1. The van der Waals surface area contributed by atoms with E-state index >= 15 is 0 Å². The molecule has 2 heterocycles. The Balaban J connectivity index is 0.00000169. The SMILES string of the molecule is CC(CC(C)(C)C)Sc1nc2cc(Cl)c(N3CCNCC3)cc2[nH]1.Cl.Cl. The smallest absolute Gasteiger partial charge is 0.166 e. The van der Waals surface area contributed by atoms with Crippen LogP contribution in [-0.4, -0.2) is 41.4 Å². The Morgan fingerprint density at radius 2 is 1.88 bits per heavy atom. The summed E-state index contributed by atoms with van der Waals surface area (Å²) in [4.78, 5) is 10.5. The number of hydrogen-bond donors (Lipinski definition) is 2. The molecule has 0 saturated carbocycles. The quantitative estimate of drug-likeness (QED) is 0.627. The fourth-order valence-corrected chi connectivity index (χ4v) is 4.86. The minimum atomic E-state index is 0. The van der Waals surface area contributed by atoms with Crippen molar-refractivity contribution in [1.82, 2.24) is 15.3 Å². The van der Waals surface area contributed by atoms with Gasteiger partial charge in [0, 0.05) is 31.4 Å². The summed E-state index contributed by atoms with van der Waals surface area (Å²) in [6.45, 7) is 13.1. The van der Waals surface area contributed by atoms with Crippen molar-refractivity contribution < 1.29 is 0 Å². The standard InChI is InChI=1S/C18H27ClN4S.2ClH/c1-12(11-18(2,3)4)24-17-21-14-9-13(19)16(10-15(14)22-17)23-7-5-20-6-8-23;;/h9-10,12,20H,5-8,11H2,1-4H3,(H,21,22);2*1H. The summed E-state index contributed by atoms with van der Waals surface area (Å²) in [5.74, 6) is 0. The zero-order chi connectivity index (χ0) is 17.3. The van der Waals surface area contributed by atoms with Crippen LogP contribution >= 0.6 is 48.2 Å². The van der Waals surface area contributed by atoms with Crippen LogP contribution in [0.25, 0.3) is 11.0 Å². The summed E-state index contributed by atoms with van der Waals surface area (Å²) in [6.07, 6.45) is 1.15. The number of anilines is 1. The van der Waals surface area contributed by atoms with Gasteiger partial charge in [-0.1, -0.05) is 51.1 Å². The number of piperazine rings is 1. The molecule has 148 valence electrons. The van der Waals surface area contributed by atoms with Crippen LogP contribution in [0, 0.1) is 5.41 Å². The van der Waals surface area contributed by atoms with Crippen LogP contribution in [0.5, 0.6) is 0 Å². The highest BCUT2D eigenvalue weighted by Crippen LogP contribution is 2.34. The molecule has 0 bridgehead atoms. The summed E-state index contributed by atoms with van der Waals surface area (Å²) in [5, 5.41) is 5.67. The molecule has 1 aromatic heterocycles. The lowest BCUT2D eigenvalue weighted by Gasteiger charge is -2.30. The van der Waals surface area contributed by atoms with E-state index in [1.54, 1.807) is 0 Å². The maximum atomic E-state index is 6.52. The fourth-order valence-electron chi connectivity index (χ4n) is 3.29. The fraction of sp³-hybridized carbons (Fsp3) is 0.611. The van der Waals surface area contributed by atoms with Crippen LogP contribution in [0.1, 0.15) is 34.1 Å². The molecule has 0 aliphatic carbocycles. The van der Waals surface area contributed by atoms with Crippen molar-refractivity contribution in [1.29, 1.82) is 0 Å². The second-order valence-electron chi connectivity index (χ2n) is 7.79. The monoisotopic (exact) mass is 438 g/mol. The Morgan fingerprint density at radius 1 is 1.23 bits per heavy atom. The highest BCUT2D eigenvalue weighted by molar-refractivity contribution is 7.99. The summed E-state index contributed by atoms with van der Waals surface area (Å²) < 4.78 is 0. The number of nitrogens with one attached hydrogen (secondary N) is 2. The van der Waals surface area contributed by atoms with Crippen molar-refractivity contribution in [3.63, 3.8) is 0 Å². The number of thioether (sulfide) groups is 1. The van der Waals surface area contributed by atoms with Gasteiger partial charge in [0.25, 0.3) is 0 Å². The second kappa shape index (κ2) is 9.74. The highest BCUT2D eigenvalue weighted by Gasteiger charge is 2.19. The van der Waals surface area contributed by atoms with Crippen LogP contribution in [-0.2, 0) is 0 Å². The van der Waals surface area contributed by atoms with Gasteiger partial charge in [-0.25, -0.2) is 4.98 Å². The molecule has 0 radical (unpaired) electrons. The minimum Gasteiger partial charge on any atom is -0.368 e. The molecular weight excluding hydrogens is 411 g/mol. The van der Waals surface area contributed by atoms with Gasteiger partial charge in [-0.15, -0.1) is 24.8 Å². The third-order valence-corrected chi connectivity index (χ3v) is 5.49. The third kappa shape index (κ3) is 6.10. The first-order valence-electron chi connectivity index (χ1n) is 8.63. The number of H-pyrrole nitrogens is 1. The molecule has 1 saturated heterocycles. The normalized spacial score (nSPS) is 16.1. The Labute approximate surface area is 178 Å². The Kier molecular flexibility index (Phi) is 8.88. The molecule has 1 aliphatic rings. The maximum Gasteiger partial charge on any atom is 0.166 e. The lowest BCUT2D eigenvalue weighted by atomic mass is 9.91. The van der Waals surface area contributed by atoms with Gasteiger partial charge in [-0.05, 0) is 24.0 Å². The zero-order valence-corrected chi connectivity index (χ0v) is 19.0. The Bertz CT molecular complexity index is 708. The number of hydrogen-bond acceptors (Lipinski definition) is 4. The largest absolute Gasteiger partial charge is 0.368 e. The Hall–Kier alpha value is -0.330. The van der Waals surface area contributed by atoms with Gasteiger partial charge >= 0.3 is 0 Å².